The molecule has 224 valence electrons. The number of carboxylic acids is 1. The van der Waals surface area contributed by atoms with Gasteiger partial charge in [-0.2, -0.15) is 0 Å². The highest BCUT2D eigenvalue weighted by Gasteiger charge is 2.44. The standard InChI is InChI=1S/C32H42O9/c1-19(7-6-8-20(2)17-27(34)35)9-14-24-21(3)25(15-16-32(24,4)5)39-22-10-12-23(13-11-22)40-31-30(38)29(37)28(36)26(18-33)41-31/h6-14,17,25-26,28-31,33,36-38H,15-16,18H2,1-5H3,(H,34,35)/b8-6+,14-9+,19-7+,20-17+/t25?,26?,28-,29+,30-,31-/m1/s1. The van der Waals surface area contributed by atoms with Crippen LogP contribution in [0.1, 0.15) is 47.5 Å². The quantitative estimate of drug-likeness (QED) is 0.209. The summed E-state index contributed by atoms with van der Waals surface area (Å²) in [5.41, 5.74) is 4.00. The van der Waals surface area contributed by atoms with Crippen molar-refractivity contribution in [2.24, 2.45) is 5.41 Å². The number of hydrogen-bond donors (Lipinski definition) is 5. The first-order valence-corrected chi connectivity index (χ1v) is 13.7. The minimum absolute atomic E-state index is 0.0273. The van der Waals surface area contributed by atoms with E-state index < -0.39 is 43.3 Å². The first-order valence-electron chi connectivity index (χ1n) is 13.7. The van der Waals surface area contributed by atoms with Crippen LogP contribution in [0.2, 0.25) is 0 Å². The van der Waals surface area contributed by atoms with E-state index in [1.54, 1.807) is 37.3 Å². The highest BCUT2D eigenvalue weighted by molar-refractivity contribution is 5.81. The van der Waals surface area contributed by atoms with Crippen LogP contribution in [0, 0.1) is 5.41 Å². The third-order valence-corrected chi connectivity index (χ3v) is 7.45. The molecule has 41 heavy (non-hydrogen) atoms. The van der Waals surface area contributed by atoms with Crippen LogP contribution in [0.25, 0.3) is 0 Å². The molecule has 1 saturated heterocycles. The van der Waals surface area contributed by atoms with Gasteiger partial charge in [-0.1, -0.05) is 49.8 Å². The Hall–Kier alpha value is -3.21. The summed E-state index contributed by atoms with van der Waals surface area (Å²) in [7, 11) is 0. The smallest absolute Gasteiger partial charge is 0.328 e. The van der Waals surface area contributed by atoms with Crippen molar-refractivity contribution < 1.29 is 44.5 Å². The van der Waals surface area contributed by atoms with Gasteiger partial charge >= 0.3 is 5.97 Å². The van der Waals surface area contributed by atoms with Gasteiger partial charge in [0, 0.05) is 6.08 Å². The second-order valence-corrected chi connectivity index (χ2v) is 11.2. The molecule has 0 spiro atoms. The molecule has 1 aromatic rings. The molecule has 0 amide bonds. The number of aliphatic carboxylic acids is 1. The van der Waals surface area contributed by atoms with Crippen molar-refractivity contribution in [3.8, 4) is 11.5 Å². The van der Waals surface area contributed by atoms with Gasteiger partial charge in [-0.15, -0.1) is 0 Å². The van der Waals surface area contributed by atoms with Crippen LogP contribution in [-0.2, 0) is 9.53 Å². The molecule has 3 rings (SSSR count). The van der Waals surface area contributed by atoms with Gasteiger partial charge < -0.3 is 39.7 Å². The Morgan fingerprint density at radius 1 is 1.00 bits per heavy atom. The number of rotatable bonds is 10. The van der Waals surface area contributed by atoms with Crippen molar-refractivity contribution in [2.45, 2.75) is 84.3 Å². The van der Waals surface area contributed by atoms with E-state index in [9.17, 15) is 25.2 Å². The van der Waals surface area contributed by atoms with E-state index in [4.69, 9.17) is 19.3 Å². The predicted octanol–water partition coefficient (Wildman–Crippen LogP) is 3.84. The molecule has 9 heteroatoms. The Morgan fingerprint density at radius 3 is 2.24 bits per heavy atom. The normalized spacial score (nSPS) is 29.3. The molecule has 6 atom stereocenters. The van der Waals surface area contributed by atoms with Gasteiger partial charge in [0.05, 0.1) is 6.61 Å². The topological polar surface area (TPSA) is 146 Å². The van der Waals surface area contributed by atoms with Gasteiger partial charge in [-0.3, -0.25) is 0 Å². The molecule has 1 aromatic carbocycles. The number of aliphatic hydroxyl groups is 4. The molecular formula is C32H42O9. The van der Waals surface area contributed by atoms with E-state index in [1.165, 1.54) is 5.57 Å². The van der Waals surface area contributed by atoms with Crippen molar-refractivity contribution in [3.63, 3.8) is 0 Å². The van der Waals surface area contributed by atoms with E-state index in [2.05, 4.69) is 32.9 Å². The largest absolute Gasteiger partial charge is 0.486 e. The minimum Gasteiger partial charge on any atom is -0.486 e. The number of allylic oxidation sites excluding steroid dienone is 8. The fourth-order valence-electron chi connectivity index (χ4n) is 4.98. The van der Waals surface area contributed by atoms with Crippen molar-refractivity contribution in [2.75, 3.05) is 6.61 Å². The van der Waals surface area contributed by atoms with Gasteiger partial charge in [0.15, 0.2) is 0 Å². The maximum absolute atomic E-state index is 10.8. The monoisotopic (exact) mass is 570 g/mol. The molecule has 0 radical (unpaired) electrons. The maximum atomic E-state index is 10.8. The SMILES string of the molecule is CC1=C(/C=C/C(C)=C/C=C/C(C)=C/C(=O)O)C(C)(C)CCC1Oc1ccc(O[C@@H]2OC(CO)[C@@H](O)[C@H](O)[C@H]2O)cc1. The van der Waals surface area contributed by atoms with Crippen molar-refractivity contribution >= 4 is 5.97 Å². The Morgan fingerprint density at radius 2 is 1.63 bits per heavy atom. The highest BCUT2D eigenvalue weighted by Crippen LogP contribution is 2.42. The molecule has 5 N–H and O–H groups in total. The Labute approximate surface area is 241 Å². The number of hydrogen-bond acceptors (Lipinski definition) is 8. The van der Waals surface area contributed by atoms with Gasteiger partial charge in [0.1, 0.15) is 42.0 Å². The van der Waals surface area contributed by atoms with E-state index in [-0.39, 0.29) is 11.5 Å². The van der Waals surface area contributed by atoms with Crippen LogP contribution < -0.4 is 9.47 Å². The summed E-state index contributed by atoms with van der Waals surface area (Å²) in [4.78, 5) is 10.8. The lowest BCUT2D eigenvalue weighted by atomic mass is 9.71. The van der Waals surface area contributed by atoms with E-state index in [0.29, 0.717) is 17.1 Å². The zero-order valence-electron chi connectivity index (χ0n) is 24.2. The molecular weight excluding hydrogens is 528 g/mol. The zero-order chi connectivity index (χ0) is 30.3. The first kappa shape index (κ1) is 32.3. The van der Waals surface area contributed by atoms with Gasteiger partial charge in [0.25, 0.3) is 0 Å². The van der Waals surface area contributed by atoms with Crippen LogP contribution in [-0.4, -0.2) is 74.9 Å². The summed E-state index contributed by atoms with van der Waals surface area (Å²) >= 11 is 0. The molecule has 1 heterocycles. The fraction of sp³-hybridized carbons (Fsp3) is 0.469. The lowest BCUT2D eigenvalue weighted by molar-refractivity contribution is -0.277. The number of ether oxygens (including phenoxy) is 3. The highest BCUT2D eigenvalue weighted by atomic mass is 16.7. The number of aliphatic hydroxyl groups excluding tert-OH is 4. The van der Waals surface area contributed by atoms with E-state index >= 15 is 0 Å². The molecule has 1 aliphatic heterocycles. The summed E-state index contributed by atoms with van der Waals surface area (Å²) in [6.45, 7) is 9.72. The molecule has 0 bridgehead atoms. The summed E-state index contributed by atoms with van der Waals surface area (Å²) in [6, 6.07) is 6.83. The van der Waals surface area contributed by atoms with E-state index in [1.807, 2.05) is 19.1 Å². The lowest BCUT2D eigenvalue weighted by Gasteiger charge is -2.39. The number of benzene rings is 1. The summed E-state index contributed by atoms with van der Waals surface area (Å²) in [5, 5.41) is 48.3. The van der Waals surface area contributed by atoms with Gasteiger partial charge in [-0.05, 0) is 80.0 Å². The molecule has 0 saturated carbocycles. The Kier molecular flexibility index (Phi) is 11.1. The van der Waals surface area contributed by atoms with Crippen LogP contribution in [0.4, 0.5) is 0 Å². The van der Waals surface area contributed by atoms with Crippen molar-refractivity contribution in [1.29, 1.82) is 0 Å². The molecule has 0 aromatic heterocycles. The summed E-state index contributed by atoms with van der Waals surface area (Å²) in [6.07, 6.45) is 5.79. The summed E-state index contributed by atoms with van der Waals surface area (Å²) < 4.78 is 17.4. The zero-order valence-corrected chi connectivity index (χ0v) is 24.2. The Balaban J connectivity index is 1.69. The molecule has 2 aliphatic rings. The van der Waals surface area contributed by atoms with Crippen LogP contribution >= 0.6 is 0 Å². The lowest BCUT2D eigenvalue weighted by Crippen LogP contribution is -2.60. The summed E-state index contributed by atoms with van der Waals surface area (Å²) in [5.74, 6) is 0.0423. The second-order valence-electron chi connectivity index (χ2n) is 11.2. The predicted molar refractivity (Wildman–Crippen MR) is 154 cm³/mol. The molecule has 1 aliphatic carbocycles. The third-order valence-electron chi connectivity index (χ3n) is 7.45. The van der Waals surface area contributed by atoms with Crippen LogP contribution in [0.3, 0.4) is 0 Å². The first-order chi connectivity index (χ1) is 19.3. The minimum atomic E-state index is -1.51. The average Bonchev–Trinajstić information content (AvgIpc) is 2.91. The van der Waals surface area contributed by atoms with Crippen molar-refractivity contribution in [3.05, 3.63) is 83.0 Å². The third kappa shape index (κ3) is 8.64. The van der Waals surface area contributed by atoms with Gasteiger partial charge in [0.2, 0.25) is 6.29 Å². The Bertz CT molecular complexity index is 1200. The fourth-order valence-corrected chi connectivity index (χ4v) is 4.98. The average molecular weight is 571 g/mol. The second kappa shape index (κ2) is 14.1. The molecule has 2 unspecified atom stereocenters. The van der Waals surface area contributed by atoms with Crippen molar-refractivity contribution in [1.82, 2.24) is 0 Å². The van der Waals surface area contributed by atoms with Crippen LogP contribution in [0.5, 0.6) is 11.5 Å². The maximum Gasteiger partial charge on any atom is 0.328 e. The molecule has 1 fully saturated rings. The van der Waals surface area contributed by atoms with Gasteiger partial charge in [-0.25, -0.2) is 4.79 Å². The van der Waals surface area contributed by atoms with Crippen LogP contribution in [0.15, 0.2) is 83.0 Å². The molecule has 9 nitrogen and oxygen atoms in total. The van der Waals surface area contributed by atoms with E-state index in [0.717, 1.165) is 30.1 Å². The number of carboxylic acid groups (broad SMARTS) is 1. The number of carbonyl (C=O) groups is 1.